The molecule has 4 nitrogen and oxygen atoms in total. The smallest absolute Gasteiger partial charge is 0.265 e. The van der Waals surface area contributed by atoms with Crippen molar-refractivity contribution in [1.82, 2.24) is 0 Å². The second-order valence-corrected chi connectivity index (χ2v) is 5.84. The molecule has 0 bridgehead atoms. The third kappa shape index (κ3) is 3.33. The van der Waals surface area contributed by atoms with Gasteiger partial charge >= 0.3 is 0 Å². The number of amides is 1. The summed E-state index contributed by atoms with van der Waals surface area (Å²) in [7, 11) is 0. The van der Waals surface area contributed by atoms with E-state index in [1.54, 1.807) is 35.2 Å². The Labute approximate surface area is 143 Å². The third-order valence-electron chi connectivity index (χ3n) is 3.60. The molecule has 0 spiro atoms. The molecule has 0 saturated heterocycles. The van der Waals surface area contributed by atoms with Gasteiger partial charge in [-0.15, -0.1) is 11.6 Å². The van der Waals surface area contributed by atoms with Crippen LogP contribution in [0.15, 0.2) is 42.5 Å². The van der Waals surface area contributed by atoms with E-state index in [4.69, 9.17) is 27.9 Å². The first-order valence-corrected chi connectivity index (χ1v) is 7.90. The van der Waals surface area contributed by atoms with Gasteiger partial charge in [-0.1, -0.05) is 23.7 Å². The van der Waals surface area contributed by atoms with Crippen LogP contribution in [0.4, 0.5) is 5.69 Å². The highest BCUT2D eigenvalue weighted by atomic mass is 35.5. The summed E-state index contributed by atoms with van der Waals surface area (Å²) in [6, 6.07) is 12.3. The number of fused-ring (bicyclic) bond motifs is 1. The van der Waals surface area contributed by atoms with Crippen molar-refractivity contribution < 1.29 is 14.3 Å². The van der Waals surface area contributed by atoms with Gasteiger partial charge in [-0.25, -0.2) is 0 Å². The average molecular weight is 350 g/mol. The van der Waals surface area contributed by atoms with Crippen molar-refractivity contribution in [2.75, 3.05) is 17.4 Å². The van der Waals surface area contributed by atoms with Crippen LogP contribution in [0.25, 0.3) is 0 Å². The lowest BCUT2D eigenvalue weighted by Crippen LogP contribution is -2.38. The second-order valence-electron chi connectivity index (χ2n) is 5.13. The van der Waals surface area contributed by atoms with Gasteiger partial charge in [0.25, 0.3) is 5.91 Å². The number of carbonyl (C=O) groups is 2. The van der Waals surface area contributed by atoms with E-state index in [9.17, 15) is 9.59 Å². The highest BCUT2D eigenvalue weighted by Gasteiger charge is 2.26. The number of Topliss-reactive ketones (excluding diaryl/α,β-unsaturated/α-hetero) is 1. The fraction of sp³-hybridized carbons (Fsp3) is 0.176. The van der Waals surface area contributed by atoms with Gasteiger partial charge in [-0.3, -0.25) is 9.59 Å². The Hall–Kier alpha value is -2.04. The fourth-order valence-corrected chi connectivity index (χ4v) is 2.68. The number of benzene rings is 2. The summed E-state index contributed by atoms with van der Waals surface area (Å²) in [4.78, 5) is 25.6. The lowest BCUT2D eigenvalue weighted by molar-refractivity contribution is -0.121. The van der Waals surface area contributed by atoms with Crippen molar-refractivity contribution in [3.05, 3.63) is 58.6 Å². The number of halogens is 2. The van der Waals surface area contributed by atoms with Crippen molar-refractivity contribution in [2.24, 2.45) is 0 Å². The number of carbonyl (C=O) groups excluding carboxylic acids is 2. The number of alkyl halides is 1. The largest absolute Gasteiger partial charge is 0.482 e. The number of anilines is 1. The van der Waals surface area contributed by atoms with Crippen LogP contribution in [0.2, 0.25) is 5.02 Å². The number of hydrogen-bond donors (Lipinski definition) is 0. The fourth-order valence-electron chi connectivity index (χ4n) is 2.40. The highest BCUT2D eigenvalue weighted by Crippen LogP contribution is 2.34. The summed E-state index contributed by atoms with van der Waals surface area (Å²) in [5.74, 6) is 0.108. The molecular weight excluding hydrogens is 337 g/mol. The molecule has 1 heterocycles. The van der Waals surface area contributed by atoms with Gasteiger partial charge in [-0.2, -0.15) is 0 Å². The summed E-state index contributed by atoms with van der Waals surface area (Å²) >= 11 is 11.5. The molecule has 0 saturated carbocycles. The molecule has 1 aliphatic heterocycles. The molecule has 1 aliphatic rings. The zero-order chi connectivity index (χ0) is 16.4. The van der Waals surface area contributed by atoms with Gasteiger partial charge in [0.15, 0.2) is 12.4 Å². The zero-order valence-electron chi connectivity index (χ0n) is 12.1. The predicted molar refractivity (Wildman–Crippen MR) is 89.6 cm³/mol. The minimum atomic E-state index is -0.195. The maximum absolute atomic E-state index is 12.2. The molecule has 3 rings (SSSR count). The van der Waals surface area contributed by atoms with E-state index in [1.807, 2.05) is 12.1 Å². The van der Waals surface area contributed by atoms with E-state index in [0.717, 1.165) is 5.56 Å². The van der Waals surface area contributed by atoms with Crippen molar-refractivity contribution in [1.29, 1.82) is 0 Å². The molecule has 6 heteroatoms. The lowest BCUT2D eigenvalue weighted by Gasteiger charge is -2.29. The van der Waals surface area contributed by atoms with Crippen molar-refractivity contribution >= 4 is 40.6 Å². The monoisotopic (exact) mass is 349 g/mol. The van der Waals surface area contributed by atoms with Crippen LogP contribution in [-0.2, 0) is 11.3 Å². The number of ketones is 1. The SMILES string of the molecule is O=C(CCl)c1ccc2c(c1)N(Cc1ccc(Cl)cc1)C(=O)CO2. The van der Waals surface area contributed by atoms with Gasteiger partial charge in [0, 0.05) is 10.6 Å². The summed E-state index contributed by atoms with van der Waals surface area (Å²) in [6.07, 6.45) is 0. The van der Waals surface area contributed by atoms with Gasteiger partial charge in [0.05, 0.1) is 18.1 Å². The first-order valence-electron chi connectivity index (χ1n) is 6.99. The topological polar surface area (TPSA) is 46.6 Å². The van der Waals surface area contributed by atoms with E-state index in [1.165, 1.54) is 0 Å². The number of hydrogen-bond acceptors (Lipinski definition) is 3. The maximum atomic E-state index is 12.2. The summed E-state index contributed by atoms with van der Waals surface area (Å²) in [5, 5.41) is 0.637. The van der Waals surface area contributed by atoms with Crippen LogP contribution in [-0.4, -0.2) is 24.2 Å². The molecule has 0 fully saturated rings. The first kappa shape index (κ1) is 15.8. The Morgan fingerprint density at radius 1 is 1.17 bits per heavy atom. The average Bonchev–Trinajstić information content (AvgIpc) is 2.58. The summed E-state index contributed by atoms with van der Waals surface area (Å²) < 4.78 is 5.43. The molecule has 0 N–H and O–H groups in total. The Morgan fingerprint density at radius 2 is 1.91 bits per heavy atom. The molecule has 1 amide bonds. The van der Waals surface area contributed by atoms with E-state index in [2.05, 4.69) is 0 Å². The minimum Gasteiger partial charge on any atom is -0.482 e. The second kappa shape index (κ2) is 6.60. The van der Waals surface area contributed by atoms with Crippen molar-refractivity contribution in [3.8, 4) is 5.75 Å². The van der Waals surface area contributed by atoms with E-state index < -0.39 is 0 Å². The highest BCUT2D eigenvalue weighted by molar-refractivity contribution is 6.31. The van der Waals surface area contributed by atoms with Crippen molar-refractivity contribution in [3.63, 3.8) is 0 Å². The molecule has 23 heavy (non-hydrogen) atoms. The standard InChI is InChI=1S/C17H13Cl2NO3/c18-8-15(21)12-3-6-16-14(7-12)20(17(22)10-23-16)9-11-1-4-13(19)5-2-11/h1-7H,8-10H2. The molecule has 0 radical (unpaired) electrons. The Bertz CT molecular complexity index is 759. The van der Waals surface area contributed by atoms with Gasteiger partial charge in [-0.05, 0) is 35.9 Å². The predicted octanol–water partition coefficient (Wildman–Crippen LogP) is 3.69. The molecule has 2 aromatic rings. The number of ether oxygens (including phenoxy) is 1. The normalized spacial score (nSPS) is 13.5. The van der Waals surface area contributed by atoms with Crippen LogP contribution in [0.3, 0.4) is 0 Å². The molecule has 0 aliphatic carbocycles. The first-order chi connectivity index (χ1) is 11.1. The molecule has 0 atom stereocenters. The Balaban J connectivity index is 1.96. The zero-order valence-corrected chi connectivity index (χ0v) is 13.6. The number of rotatable bonds is 4. The van der Waals surface area contributed by atoms with Crippen molar-refractivity contribution in [2.45, 2.75) is 6.54 Å². The molecule has 118 valence electrons. The Morgan fingerprint density at radius 3 is 2.61 bits per heavy atom. The van der Waals surface area contributed by atoms with Crippen LogP contribution in [0.1, 0.15) is 15.9 Å². The Kier molecular flexibility index (Phi) is 4.55. The van der Waals surface area contributed by atoms with Crippen LogP contribution in [0, 0.1) is 0 Å². The quantitative estimate of drug-likeness (QED) is 0.624. The van der Waals surface area contributed by atoms with Crippen LogP contribution >= 0.6 is 23.2 Å². The third-order valence-corrected chi connectivity index (χ3v) is 4.09. The maximum Gasteiger partial charge on any atom is 0.265 e. The molecule has 0 unspecified atom stereocenters. The lowest BCUT2D eigenvalue weighted by atomic mass is 10.1. The van der Waals surface area contributed by atoms with E-state index in [0.29, 0.717) is 28.6 Å². The van der Waals surface area contributed by atoms with Gasteiger partial charge in [0.2, 0.25) is 0 Å². The summed E-state index contributed by atoms with van der Waals surface area (Å²) in [5.41, 5.74) is 1.97. The van der Waals surface area contributed by atoms with E-state index >= 15 is 0 Å². The molecule has 0 aromatic heterocycles. The molecule has 2 aromatic carbocycles. The minimum absolute atomic E-state index is 0.0244. The molecular formula is C17H13Cl2NO3. The van der Waals surface area contributed by atoms with E-state index in [-0.39, 0.29) is 24.2 Å². The van der Waals surface area contributed by atoms with Gasteiger partial charge < -0.3 is 9.64 Å². The summed E-state index contributed by atoms with van der Waals surface area (Å²) in [6.45, 7) is 0.355. The van der Waals surface area contributed by atoms with Gasteiger partial charge in [0.1, 0.15) is 5.75 Å². The van der Waals surface area contributed by atoms with Crippen LogP contribution < -0.4 is 9.64 Å². The van der Waals surface area contributed by atoms with Crippen LogP contribution in [0.5, 0.6) is 5.75 Å². The number of nitrogens with zero attached hydrogens (tertiary/aromatic N) is 1.